The molecule has 0 aromatic heterocycles. The summed E-state index contributed by atoms with van der Waals surface area (Å²) in [6.45, 7) is 0.810. The molecule has 14 heavy (non-hydrogen) atoms. The number of amides is 1. The van der Waals surface area contributed by atoms with Gasteiger partial charge in [0.05, 0.1) is 0 Å². The van der Waals surface area contributed by atoms with Gasteiger partial charge < -0.3 is 5.32 Å². The minimum absolute atomic E-state index is 0.133. The highest BCUT2D eigenvalue weighted by atomic mass is 35.5. The molecule has 1 amide bonds. The fourth-order valence-corrected chi connectivity index (χ4v) is 2.00. The lowest BCUT2D eigenvalue weighted by atomic mass is 9.98. The summed E-state index contributed by atoms with van der Waals surface area (Å²) in [5.41, 5.74) is 1.14. The van der Waals surface area contributed by atoms with Gasteiger partial charge in [-0.1, -0.05) is 23.7 Å². The number of carbonyl (C=O) groups excluding carboxylic acids is 1. The number of hydrogen-bond acceptors (Lipinski definition) is 1. The van der Waals surface area contributed by atoms with Crippen LogP contribution in [0.3, 0.4) is 0 Å². The van der Waals surface area contributed by atoms with Crippen LogP contribution in [0.1, 0.15) is 12.0 Å². The maximum absolute atomic E-state index is 11.3. The van der Waals surface area contributed by atoms with Gasteiger partial charge in [-0.2, -0.15) is 0 Å². The average molecular weight is 210 g/mol. The highest BCUT2D eigenvalue weighted by Gasteiger charge is 2.23. The van der Waals surface area contributed by atoms with Crippen LogP contribution < -0.4 is 5.32 Å². The van der Waals surface area contributed by atoms with Gasteiger partial charge in [0, 0.05) is 17.5 Å². The Hall–Kier alpha value is -1.02. The molecule has 1 aliphatic heterocycles. The molecular formula is C11H12ClNO. The second kappa shape index (κ2) is 4.01. The molecule has 3 heteroatoms. The first-order valence-corrected chi connectivity index (χ1v) is 5.15. The minimum atomic E-state index is 0.133. The second-order valence-corrected chi connectivity index (χ2v) is 4.05. The second-order valence-electron chi connectivity index (χ2n) is 3.61. The normalized spacial score (nSPS) is 20.9. The predicted octanol–water partition coefficient (Wildman–Crippen LogP) is 2.02. The van der Waals surface area contributed by atoms with Gasteiger partial charge in [-0.3, -0.25) is 4.79 Å². The Bertz CT molecular complexity index is 351. The van der Waals surface area contributed by atoms with Gasteiger partial charge in [-0.05, 0) is 30.5 Å². The molecule has 1 saturated heterocycles. The van der Waals surface area contributed by atoms with Gasteiger partial charge in [-0.15, -0.1) is 0 Å². The van der Waals surface area contributed by atoms with Crippen molar-refractivity contribution in [3.63, 3.8) is 0 Å². The predicted molar refractivity (Wildman–Crippen MR) is 56.3 cm³/mol. The van der Waals surface area contributed by atoms with Crippen molar-refractivity contribution in [2.24, 2.45) is 5.92 Å². The smallest absolute Gasteiger partial charge is 0.223 e. The lowest BCUT2D eigenvalue weighted by Gasteiger charge is -2.06. The molecule has 2 nitrogen and oxygen atoms in total. The van der Waals surface area contributed by atoms with E-state index < -0.39 is 0 Å². The van der Waals surface area contributed by atoms with Crippen molar-refractivity contribution in [1.29, 1.82) is 0 Å². The SMILES string of the molecule is O=C1NCCC1Cc1cccc(Cl)c1. The van der Waals surface area contributed by atoms with Gasteiger partial charge >= 0.3 is 0 Å². The van der Waals surface area contributed by atoms with Crippen LogP contribution >= 0.6 is 11.6 Å². The van der Waals surface area contributed by atoms with Gasteiger partial charge in [0.2, 0.25) is 5.91 Å². The first kappa shape index (κ1) is 9.53. The van der Waals surface area contributed by atoms with Crippen LogP contribution in [-0.4, -0.2) is 12.5 Å². The van der Waals surface area contributed by atoms with Crippen LogP contribution in [0.4, 0.5) is 0 Å². The van der Waals surface area contributed by atoms with Crippen molar-refractivity contribution >= 4 is 17.5 Å². The maximum atomic E-state index is 11.3. The largest absolute Gasteiger partial charge is 0.356 e. The Morgan fingerprint density at radius 3 is 3.00 bits per heavy atom. The van der Waals surface area contributed by atoms with E-state index in [1.54, 1.807) is 0 Å². The molecule has 1 N–H and O–H groups in total. The number of benzene rings is 1. The van der Waals surface area contributed by atoms with E-state index in [2.05, 4.69) is 5.32 Å². The molecule has 0 spiro atoms. The monoisotopic (exact) mass is 209 g/mol. The molecule has 1 fully saturated rings. The summed E-state index contributed by atoms with van der Waals surface area (Å²) in [4.78, 5) is 11.3. The van der Waals surface area contributed by atoms with Crippen molar-refractivity contribution < 1.29 is 4.79 Å². The fraction of sp³-hybridized carbons (Fsp3) is 0.364. The minimum Gasteiger partial charge on any atom is -0.356 e. The van der Waals surface area contributed by atoms with E-state index in [0.29, 0.717) is 0 Å². The zero-order valence-corrected chi connectivity index (χ0v) is 8.55. The molecule has 1 aliphatic rings. The summed E-state index contributed by atoms with van der Waals surface area (Å²) >= 11 is 5.87. The standard InChI is InChI=1S/C11H12ClNO/c12-10-3-1-2-8(7-10)6-9-4-5-13-11(9)14/h1-3,7,9H,4-6H2,(H,13,14). The van der Waals surface area contributed by atoms with E-state index in [0.717, 1.165) is 30.0 Å². The Morgan fingerprint density at radius 2 is 2.36 bits per heavy atom. The van der Waals surface area contributed by atoms with Crippen LogP contribution in [-0.2, 0) is 11.2 Å². The van der Waals surface area contributed by atoms with E-state index in [-0.39, 0.29) is 11.8 Å². The number of halogens is 1. The first-order valence-electron chi connectivity index (χ1n) is 4.78. The Labute approximate surface area is 88.3 Å². The van der Waals surface area contributed by atoms with Crippen LogP contribution in [0.5, 0.6) is 0 Å². The summed E-state index contributed by atoms with van der Waals surface area (Å²) in [6, 6.07) is 7.70. The van der Waals surface area contributed by atoms with Crippen molar-refractivity contribution in [2.75, 3.05) is 6.54 Å². The van der Waals surface area contributed by atoms with Crippen LogP contribution in [0.25, 0.3) is 0 Å². The average Bonchev–Trinajstić information content (AvgIpc) is 2.52. The lowest BCUT2D eigenvalue weighted by Crippen LogP contribution is -2.20. The molecule has 1 heterocycles. The maximum Gasteiger partial charge on any atom is 0.223 e. The number of rotatable bonds is 2. The van der Waals surface area contributed by atoms with Crippen molar-refractivity contribution in [3.8, 4) is 0 Å². The molecule has 1 aromatic rings. The molecule has 74 valence electrons. The van der Waals surface area contributed by atoms with Crippen LogP contribution in [0, 0.1) is 5.92 Å². The third-order valence-corrected chi connectivity index (χ3v) is 2.77. The molecule has 1 atom stereocenters. The third-order valence-electron chi connectivity index (χ3n) is 2.53. The van der Waals surface area contributed by atoms with Gasteiger partial charge in [0.25, 0.3) is 0 Å². The summed E-state index contributed by atoms with van der Waals surface area (Å²) in [7, 11) is 0. The van der Waals surface area contributed by atoms with E-state index >= 15 is 0 Å². The van der Waals surface area contributed by atoms with Gasteiger partial charge in [-0.25, -0.2) is 0 Å². The molecule has 0 bridgehead atoms. The van der Waals surface area contributed by atoms with Crippen LogP contribution in [0.15, 0.2) is 24.3 Å². The number of hydrogen-bond donors (Lipinski definition) is 1. The summed E-state index contributed by atoms with van der Waals surface area (Å²) < 4.78 is 0. The Balaban J connectivity index is 2.07. The van der Waals surface area contributed by atoms with E-state index in [4.69, 9.17) is 11.6 Å². The van der Waals surface area contributed by atoms with Crippen LogP contribution in [0.2, 0.25) is 5.02 Å². The highest BCUT2D eigenvalue weighted by molar-refractivity contribution is 6.30. The zero-order valence-electron chi connectivity index (χ0n) is 7.79. The summed E-state index contributed by atoms with van der Waals surface area (Å²) in [5.74, 6) is 0.304. The van der Waals surface area contributed by atoms with Gasteiger partial charge in [0.15, 0.2) is 0 Å². The molecule has 0 aliphatic carbocycles. The first-order chi connectivity index (χ1) is 6.75. The van der Waals surface area contributed by atoms with Gasteiger partial charge in [0.1, 0.15) is 0 Å². The van der Waals surface area contributed by atoms with E-state index in [9.17, 15) is 4.79 Å². The van der Waals surface area contributed by atoms with E-state index in [1.165, 1.54) is 0 Å². The van der Waals surface area contributed by atoms with Crippen molar-refractivity contribution in [3.05, 3.63) is 34.9 Å². The van der Waals surface area contributed by atoms with Crippen molar-refractivity contribution in [2.45, 2.75) is 12.8 Å². The molecular weight excluding hydrogens is 198 g/mol. The molecule has 2 rings (SSSR count). The Morgan fingerprint density at radius 1 is 1.50 bits per heavy atom. The quantitative estimate of drug-likeness (QED) is 0.794. The highest BCUT2D eigenvalue weighted by Crippen LogP contribution is 2.18. The number of carbonyl (C=O) groups is 1. The van der Waals surface area contributed by atoms with Crippen molar-refractivity contribution in [1.82, 2.24) is 5.32 Å². The molecule has 1 unspecified atom stereocenters. The summed E-state index contributed by atoms with van der Waals surface area (Å²) in [5, 5.41) is 3.57. The lowest BCUT2D eigenvalue weighted by molar-refractivity contribution is -0.122. The molecule has 1 aromatic carbocycles. The zero-order chi connectivity index (χ0) is 9.97. The third kappa shape index (κ3) is 2.07. The van der Waals surface area contributed by atoms with E-state index in [1.807, 2.05) is 24.3 Å². The number of nitrogens with one attached hydrogen (secondary N) is 1. The Kier molecular flexibility index (Phi) is 2.73. The topological polar surface area (TPSA) is 29.1 Å². The fourth-order valence-electron chi connectivity index (χ4n) is 1.79. The molecule has 0 saturated carbocycles. The molecule has 0 radical (unpaired) electrons. The summed E-state index contributed by atoms with van der Waals surface area (Å²) in [6.07, 6.45) is 1.73.